The summed E-state index contributed by atoms with van der Waals surface area (Å²) in [7, 11) is 0. The summed E-state index contributed by atoms with van der Waals surface area (Å²) in [5.41, 5.74) is 2.22. The third-order valence-corrected chi connectivity index (χ3v) is 3.93. The van der Waals surface area contributed by atoms with Crippen molar-refractivity contribution in [3.05, 3.63) is 29.6 Å². The average molecular weight is 250 g/mol. The van der Waals surface area contributed by atoms with Gasteiger partial charge in [-0.05, 0) is 43.5 Å². The standard InChI is InChI=1S/C15H23FN2/c1-4-13-10-18(14(5-2)9-17-13)15-7-6-12(16)8-11(15)3/h6-8,13-14,17H,4-5,9-10H2,1-3H3. The molecule has 0 aromatic heterocycles. The molecular weight excluding hydrogens is 227 g/mol. The smallest absolute Gasteiger partial charge is 0.123 e. The summed E-state index contributed by atoms with van der Waals surface area (Å²) >= 11 is 0. The number of nitrogens with zero attached hydrogens (tertiary/aromatic N) is 1. The molecule has 100 valence electrons. The van der Waals surface area contributed by atoms with Gasteiger partial charge in [-0.15, -0.1) is 0 Å². The number of hydrogen-bond donors (Lipinski definition) is 1. The minimum atomic E-state index is -0.147. The maximum atomic E-state index is 13.2. The number of benzene rings is 1. The van der Waals surface area contributed by atoms with Crippen LogP contribution in [0.3, 0.4) is 0 Å². The van der Waals surface area contributed by atoms with Gasteiger partial charge in [-0.2, -0.15) is 0 Å². The SMILES string of the molecule is CCC1CN(c2ccc(F)cc2C)C(CC)CN1. The van der Waals surface area contributed by atoms with E-state index in [1.807, 2.05) is 13.0 Å². The van der Waals surface area contributed by atoms with E-state index >= 15 is 0 Å². The van der Waals surface area contributed by atoms with Gasteiger partial charge in [0.15, 0.2) is 0 Å². The second kappa shape index (κ2) is 5.70. The highest BCUT2D eigenvalue weighted by atomic mass is 19.1. The Balaban J connectivity index is 2.26. The predicted molar refractivity (Wildman–Crippen MR) is 74.6 cm³/mol. The number of anilines is 1. The van der Waals surface area contributed by atoms with E-state index in [2.05, 4.69) is 24.1 Å². The van der Waals surface area contributed by atoms with E-state index in [4.69, 9.17) is 0 Å². The molecule has 0 amide bonds. The number of rotatable bonds is 3. The summed E-state index contributed by atoms with van der Waals surface area (Å²) in [4.78, 5) is 2.44. The van der Waals surface area contributed by atoms with Crippen LogP contribution in [-0.2, 0) is 0 Å². The fourth-order valence-electron chi connectivity index (χ4n) is 2.74. The molecule has 2 nitrogen and oxygen atoms in total. The van der Waals surface area contributed by atoms with E-state index in [9.17, 15) is 4.39 Å². The summed E-state index contributed by atoms with van der Waals surface area (Å²) in [6.45, 7) is 8.45. The number of halogens is 1. The van der Waals surface area contributed by atoms with Crippen LogP contribution in [0.5, 0.6) is 0 Å². The maximum absolute atomic E-state index is 13.2. The first-order valence-corrected chi connectivity index (χ1v) is 6.91. The molecule has 0 bridgehead atoms. The van der Waals surface area contributed by atoms with Gasteiger partial charge in [-0.1, -0.05) is 13.8 Å². The number of hydrogen-bond acceptors (Lipinski definition) is 2. The summed E-state index contributed by atoms with van der Waals surface area (Å²) < 4.78 is 13.2. The van der Waals surface area contributed by atoms with Crippen LogP contribution in [0.25, 0.3) is 0 Å². The molecule has 2 rings (SSSR count). The lowest BCUT2D eigenvalue weighted by molar-refractivity contribution is 0.378. The van der Waals surface area contributed by atoms with Crippen molar-refractivity contribution >= 4 is 5.69 Å². The van der Waals surface area contributed by atoms with Crippen LogP contribution < -0.4 is 10.2 Å². The van der Waals surface area contributed by atoms with Crippen LogP contribution in [0, 0.1) is 12.7 Å². The second-order valence-corrected chi connectivity index (χ2v) is 5.16. The highest BCUT2D eigenvalue weighted by Crippen LogP contribution is 2.26. The molecule has 18 heavy (non-hydrogen) atoms. The highest BCUT2D eigenvalue weighted by molar-refractivity contribution is 5.54. The largest absolute Gasteiger partial charge is 0.366 e. The van der Waals surface area contributed by atoms with E-state index in [1.165, 1.54) is 5.69 Å². The molecule has 0 spiro atoms. The third kappa shape index (κ3) is 2.66. The van der Waals surface area contributed by atoms with Gasteiger partial charge in [0, 0.05) is 30.9 Å². The van der Waals surface area contributed by atoms with Crippen molar-refractivity contribution in [3.8, 4) is 0 Å². The Morgan fingerprint density at radius 3 is 2.72 bits per heavy atom. The Hall–Kier alpha value is -1.09. The molecule has 0 aliphatic carbocycles. The zero-order valence-electron chi connectivity index (χ0n) is 11.5. The minimum Gasteiger partial charge on any atom is -0.366 e. The fraction of sp³-hybridized carbons (Fsp3) is 0.600. The van der Waals surface area contributed by atoms with Crippen molar-refractivity contribution < 1.29 is 4.39 Å². The predicted octanol–water partition coefficient (Wildman–Crippen LogP) is 3.10. The third-order valence-electron chi connectivity index (χ3n) is 3.93. The Morgan fingerprint density at radius 1 is 1.33 bits per heavy atom. The van der Waals surface area contributed by atoms with Crippen molar-refractivity contribution in [1.29, 1.82) is 0 Å². The molecule has 0 radical (unpaired) electrons. The van der Waals surface area contributed by atoms with E-state index < -0.39 is 0 Å². The van der Waals surface area contributed by atoms with Crippen LogP contribution in [0.15, 0.2) is 18.2 Å². The highest BCUT2D eigenvalue weighted by Gasteiger charge is 2.26. The molecule has 1 heterocycles. The average Bonchev–Trinajstić information content (AvgIpc) is 2.38. The topological polar surface area (TPSA) is 15.3 Å². The summed E-state index contributed by atoms with van der Waals surface area (Å²) in [6, 6.07) is 6.17. The second-order valence-electron chi connectivity index (χ2n) is 5.16. The Labute approximate surface area is 109 Å². The van der Waals surface area contributed by atoms with Gasteiger partial charge in [-0.25, -0.2) is 4.39 Å². The fourth-order valence-corrected chi connectivity index (χ4v) is 2.74. The lowest BCUT2D eigenvalue weighted by Crippen LogP contribution is -2.56. The Morgan fingerprint density at radius 2 is 2.11 bits per heavy atom. The van der Waals surface area contributed by atoms with Gasteiger partial charge in [0.2, 0.25) is 0 Å². The van der Waals surface area contributed by atoms with Gasteiger partial charge in [0.1, 0.15) is 5.82 Å². The minimum absolute atomic E-state index is 0.147. The molecule has 1 aliphatic rings. The molecule has 0 saturated carbocycles. The molecule has 2 unspecified atom stereocenters. The first kappa shape index (κ1) is 13.3. The van der Waals surface area contributed by atoms with Gasteiger partial charge in [0.25, 0.3) is 0 Å². The van der Waals surface area contributed by atoms with Gasteiger partial charge >= 0.3 is 0 Å². The molecule has 1 N–H and O–H groups in total. The molecule has 1 fully saturated rings. The van der Waals surface area contributed by atoms with E-state index in [1.54, 1.807) is 12.1 Å². The molecule has 1 aliphatic heterocycles. The first-order valence-electron chi connectivity index (χ1n) is 6.91. The summed E-state index contributed by atoms with van der Waals surface area (Å²) in [5, 5.41) is 3.58. The van der Waals surface area contributed by atoms with Crippen LogP contribution >= 0.6 is 0 Å². The Bertz CT molecular complexity index is 405. The van der Waals surface area contributed by atoms with Crippen LogP contribution in [0.2, 0.25) is 0 Å². The van der Waals surface area contributed by atoms with Crippen molar-refractivity contribution in [2.75, 3.05) is 18.0 Å². The van der Waals surface area contributed by atoms with Crippen LogP contribution in [0.4, 0.5) is 10.1 Å². The molecule has 1 aromatic rings. The quantitative estimate of drug-likeness (QED) is 0.886. The number of piperazine rings is 1. The normalized spacial score (nSPS) is 24.3. The van der Waals surface area contributed by atoms with Gasteiger partial charge in [0.05, 0.1) is 0 Å². The summed E-state index contributed by atoms with van der Waals surface area (Å²) in [6.07, 6.45) is 2.24. The van der Waals surface area contributed by atoms with Crippen LogP contribution in [-0.4, -0.2) is 25.2 Å². The van der Waals surface area contributed by atoms with Crippen molar-refractivity contribution in [1.82, 2.24) is 5.32 Å². The molecule has 3 heteroatoms. The van der Waals surface area contributed by atoms with Gasteiger partial charge in [-0.3, -0.25) is 0 Å². The molecule has 1 saturated heterocycles. The lowest BCUT2D eigenvalue weighted by Gasteiger charge is -2.42. The zero-order chi connectivity index (χ0) is 13.1. The summed E-state index contributed by atoms with van der Waals surface area (Å²) in [5.74, 6) is -0.147. The lowest BCUT2D eigenvalue weighted by atomic mass is 10.0. The van der Waals surface area contributed by atoms with E-state index in [-0.39, 0.29) is 5.82 Å². The van der Waals surface area contributed by atoms with Crippen LogP contribution in [0.1, 0.15) is 32.3 Å². The molecular formula is C15H23FN2. The van der Waals surface area contributed by atoms with Gasteiger partial charge < -0.3 is 10.2 Å². The number of aryl methyl sites for hydroxylation is 1. The molecule has 2 atom stereocenters. The molecule has 1 aromatic carbocycles. The van der Waals surface area contributed by atoms with Crippen molar-refractivity contribution in [2.24, 2.45) is 0 Å². The van der Waals surface area contributed by atoms with E-state index in [0.717, 1.165) is 31.5 Å². The van der Waals surface area contributed by atoms with Crippen molar-refractivity contribution in [3.63, 3.8) is 0 Å². The number of nitrogens with one attached hydrogen (secondary N) is 1. The Kier molecular flexibility index (Phi) is 4.23. The monoisotopic (exact) mass is 250 g/mol. The maximum Gasteiger partial charge on any atom is 0.123 e. The van der Waals surface area contributed by atoms with Crippen molar-refractivity contribution in [2.45, 2.75) is 45.7 Å². The zero-order valence-corrected chi connectivity index (χ0v) is 11.5. The van der Waals surface area contributed by atoms with E-state index in [0.29, 0.717) is 12.1 Å². The first-order chi connectivity index (χ1) is 8.65.